The smallest absolute Gasteiger partial charge is 0.328 e. The molecule has 4 nitrogen and oxygen atoms in total. The Kier molecular flexibility index (Phi) is 5.13. The van der Waals surface area contributed by atoms with Gasteiger partial charge in [0.25, 0.3) is 0 Å². The molecule has 1 saturated heterocycles. The Morgan fingerprint density at radius 1 is 1.53 bits per heavy atom. The Labute approximate surface area is 117 Å². The normalized spacial score (nSPS) is 17.4. The summed E-state index contributed by atoms with van der Waals surface area (Å²) in [5.74, 6) is -0.908. The van der Waals surface area contributed by atoms with Crippen LogP contribution in [0.25, 0.3) is 6.08 Å². The van der Waals surface area contributed by atoms with E-state index < -0.39 is 5.97 Å². The number of carboxylic acids is 1. The molecule has 1 fully saturated rings. The third kappa shape index (κ3) is 4.45. The molecule has 0 spiro atoms. The van der Waals surface area contributed by atoms with Gasteiger partial charge in [-0.3, -0.25) is 4.90 Å². The second kappa shape index (κ2) is 6.84. The van der Waals surface area contributed by atoms with Crippen LogP contribution in [0.3, 0.4) is 0 Å². The molecule has 2 rings (SSSR count). The monoisotopic (exact) mass is 281 g/mol. The van der Waals surface area contributed by atoms with Gasteiger partial charge in [0, 0.05) is 41.6 Å². The predicted octanol–water partition coefficient (Wildman–Crippen LogP) is 2.46. The molecule has 1 aliphatic rings. The fourth-order valence-electron chi connectivity index (χ4n) is 2.22. The zero-order valence-corrected chi connectivity index (χ0v) is 11.9. The van der Waals surface area contributed by atoms with Gasteiger partial charge in [-0.2, -0.15) is 0 Å². The molecule has 0 unspecified atom stereocenters. The van der Waals surface area contributed by atoms with Gasteiger partial charge in [-0.25, -0.2) is 4.79 Å². The lowest BCUT2D eigenvalue weighted by atomic mass is 10.1. The Bertz CT molecular complexity index is 449. The van der Waals surface area contributed by atoms with Crippen LogP contribution in [0.5, 0.6) is 0 Å². The number of carboxylic acid groups (broad SMARTS) is 1. The van der Waals surface area contributed by atoms with E-state index in [0.717, 1.165) is 37.5 Å². The van der Waals surface area contributed by atoms with Gasteiger partial charge in [0.05, 0.1) is 0 Å². The molecule has 0 radical (unpaired) electrons. The lowest BCUT2D eigenvalue weighted by molar-refractivity contribution is -0.131. The van der Waals surface area contributed by atoms with Crippen molar-refractivity contribution in [3.8, 4) is 0 Å². The van der Waals surface area contributed by atoms with E-state index in [-0.39, 0.29) is 0 Å². The largest absolute Gasteiger partial charge is 0.478 e. The summed E-state index contributed by atoms with van der Waals surface area (Å²) in [6.45, 7) is 2.62. The van der Waals surface area contributed by atoms with Crippen molar-refractivity contribution in [1.82, 2.24) is 4.90 Å². The van der Waals surface area contributed by atoms with Gasteiger partial charge in [0.1, 0.15) is 0 Å². The quantitative estimate of drug-likeness (QED) is 0.842. The van der Waals surface area contributed by atoms with Gasteiger partial charge in [-0.1, -0.05) is 0 Å². The topological polar surface area (TPSA) is 49.8 Å². The molecular weight excluding hydrogens is 262 g/mol. The maximum absolute atomic E-state index is 10.5. The Hall–Kier alpha value is -1.17. The third-order valence-electron chi connectivity index (χ3n) is 3.29. The average molecular weight is 281 g/mol. The zero-order valence-electron chi connectivity index (χ0n) is 11.0. The number of ether oxygens (including phenoxy) is 1. The summed E-state index contributed by atoms with van der Waals surface area (Å²) < 4.78 is 5.37. The van der Waals surface area contributed by atoms with Crippen LogP contribution in [-0.2, 0) is 16.1 Å². The molecule has 0 bridgehead atoms. The van der Waals surface area contributed by atoms with E-state index in [0.29, 0.717) is 6.04 Å². The van der Waals surface area contributed by atoms with E-state index in [1.165, 1.54) is 11.0 Å². The SMILES string of the molecule is CN(Cc1ccc(/C=C/C(=O)O)s1)C1CCOCC1. The van der Waals surface area contributed by atoms with Crippen molar-refractivity contribution < 1.29 is 14.6 Å². The van der Waals surface area contributed by atoms with Crippen molar-refractivity contribution in [3.05, 3.63) is 28.0 Å². The summed E-state index contributed by atoms with van der Waals surface area (Å²) >= 11 is 1.64. The van der Waals surface area contributed by atoms with E-state index in [9.17, 15) is 4.79 Å². The highest BCUT2D eigenvalue weighted by Crippen LogP contribution is 2.22. The molecular formula is C14H19NO3S. The molecule has 1 aliphatic heterocycles. The molecule has 0 aromatic carbocycles. The number of nitrogens with zero attached hydrogens (tertiary/aromatic N) is 1. The molecule has 0 amide bonds. The fraction of sp³-hybridized carbons (Fsp3) is 0.500. The second-order valence-electron chi connectivity index (χ2n) is 4.73. The van der Waals surface area contributed by atoms with Crippen LogP contribution in [-0.4, -0.2) is 42.3 Å². The number of thiophene rings is 1. The third-order valence-corrected chi connectivity index (χ3v) is 4.33. The molecule has 1 aromatic rings. The predicted molar refractivity (Wildman–Crippen MR) is 76.3 cm³/mol. The Balaban J connectivity index is 1.90. The van der Waals surface area contributed by atoms with Gasteiger partial charge < -0.3 is 9.84 Å². The summed E-state index contributed by atoms with van der Waals surface area (Å²) in [5, 5.41) is 8.59. The van der Waals surface area contributed by atoms with Gasteiger partial charge in [0.2, 0.25) is 0 Å². The standard InChI is InChI=1S/C14H19NO3S/c1-15(11-6-8-18-9-7-11)10-13-3-2-12(19-13)4-5-14(16)17/h2-5,11H,6-10H2,1H3,(H,16,17)/b5-4+. The summed E-state index contributed by atoms with van der Waals surface area (Å²) in [6.07, 6.45) is 5.00. The minimum atomic E-state index is -0.908. The van der Waals surface area contributed by atoms with Crippen molar-refractivity contribution in [2.24, 2.45) is 0 Å². The van der Waals surface area contributed by atoms with Gasteiger partial charge in [-0.15, -0.1) is 11.3 Å². The zero-order chi connectivity index (χ0) is 13.7. The van der Waals surface area contributed by atoms with Crippen LogP contribution in [0.1, 0.15) is 22.6 Å². The Morgan fingerprint density at radius 2 is 2.26 bits per heavy atom. The summed E-state index contributed by atoms with van der Waals surface area (Å²) in [7, 11) is 2.14. The summed E-state index contributed by atoms with van der Waals surface area (Å²) in [4.78, 5) is 15.1. The molecule has 1 N–H and O–H groups in total. The van der Waals surface area contributed by atoms with Gasteiger partial charge >= 0.3 is 5.97 Å². The highest BCUT2D eigenvalue weighted by molar-refractivity contribution is 7.12. The van der Waals surface area contributed by atoms with E-state index in [2.05, 4.69) is 18.0 Å². The van der Waals surface area contributed by atoms with Crippen LogP contribution in [0.4, 0.5) is 0 Å². The van der Waals surface area contributed by atoms with Crippen molar-refractivity contribution in [3.63, 3.8) is 0 Å². The van der Waals surface area contributed by atoms with Crippen molar-refractivity contribution >= 4 is 23.4 Å². The van der Waals surface area contributed by atoms with Crippen LogP contribution in [0.2, 0.25) is 0 Å². The van der Waals surface area contributed by atoms with Crippen molar-refractivity contribution in [1.29, 1.82) is 0 Å². The average Bonchev–Trinajstić information content (AvgIpc) is 2.85. The first kappa shape index (κ1) is 14.2. The highest BCUT2D eigenvalue weighted by atomic mass is 32.1. The number of rotatable bonds is 5. The van der Waals surface area contributed by atoms with E-state index in [4.69, 9.17) is 9.84 Å². The molecule has 1 aromatic heterocycles. The highest BCUT2D eigenvalue weighted by Gasteiger charge is 2.18. The van der Waals surface area contributed by atoms with Crippen LogP contribution in [0.15, 0.2) is 18.2 Å². The first-order valence-corrected chi connectivity index (χ1v) is 7.24. The molecule has 19 heavy (non-hydrogen) atoms. The van der Waals surface area contributed by atoms with Crippen molar-refractivity contribution in [2.75, 3.05) is 20.3 Å². The molecule has 0 atom stereocenters. The molecule has 0 saturated carbocycles. The minimum Gasteiger partial charge on any atom is -0.478 e. The fourth-order valence-corrected chi connectivity index (χ4v) is 3.20. The summed E-state index contributed by atoms with van der Waals surface area (Å²) in [6, 6.07) is 4.63. The van der Waals surface area contributed by atoms with Crippen LogP contribution in [0, 0.1) is 0 Å². The molecule has 2 heterocycles. The molecule has 0 aliphatic carbocycles. The van der Waals surface area contributed by atoms with E-state index >= 15 is 0 Å². The first-order valence-electron chi connectivity index (χ1n) is 6.43. The van der Waals surface area contributed by atoms with Gasteiger partial charge in [0.15, 0.2) is 0 Å². The number of hydrogen-bond donors (Lipinski definition) is 1. The maximum atomic E-state index is 10.5. The number of aliphatic carboxylic acids is 1. The minimum absolute atomic E-state index is 0.592. The first-order chi connectivity index (χ1) is 9.15. The second-order valence-corrected chi connectivity index (χ2v) is 5.93. The van der Waals surface area contributed by atoms with E-state index in [1.54, 1.807) is 17.4 Å². The van der Waals surface area contributed by atoms with Crippen molar-refractivity contribution in [2.45, 2.75) is 25.4 Å². The lowest BCUT2D eigenvalue weighted by Crippen LogP contribution is -2.35. The van der Waals surface area contributed by atoms with Crippen LogP contribution >= 0.6 is 11.3 Å². The molecule has 5 heteroatoms. The maximum Gasteiger partial charge on any atom is 0.328 e. The number of carbonyl (C=O) groups is 1. The Morgan fingerprint density at radius 3 is 2.95 bits per heavy atom. The molecule has 104 valence electrons. The van der Waals surface area contributed by atoms with E-state index in [1.807, 2.05) is 6.07 Å². The van der Waals surface area contributed by atoms with Crippen LogP contribution < -0.4 is 0 Å². The lowest BCUT2D eigenvalue weighted by Gasteiger charge is -2.30. The van der Waals surface area contributed by atoms with Gasteiger partial charge in [-0.05, 0) is 38.1 Å². The number of hydrogen-bond acceptors (Lipinski definition) is 4. The summed E-state index contributed by atoms with van der Waals surface area (Å²) in [5.41, 5.74) is 0.